The van der Waals surface area contributed by atoms with Crippen molar-refractivity contribution in [3.8, 4) is 11.5 Å². The minimum atomic E-state index is -0.179. The van der Waals surface area contributed by atoms with E-state index in [1.54, 1.807) is 19.2 Å². The average Bonchev–Trinajstić information content (AvgIpc) is 2.77. The Morgan fingerprint density at radius 2 is 1.83 bits per heavy atom. The van der Waals surface area contributed by atoms with Crippen molar-refractivity contribution >= 4 is 11.8 Å². The van der Waals surface area contributed by atoms with Crippen LogP contribution in [0.4, 0.5) is 0 Å². The topological polar surface area (TPSA) is 72.3 Å². The molecule has 0 radical (unpaired) electrons. The van der Waals surface area contributed by atoms with Crippen molar-refractivity contribution in [2.45, 2.75) is 19.6 Å². The predicted molar refractivity (Wildman–Crippen MR) is 114 cm³/mol. The summed E-state index contributed by atoms with van der Waals surface area (Å²) in [5.41, 5.74) is 1.71. The number of carbonyl (C=O) groups is 2. The maximum absolute atomic E-state index is 12.8. The first-order chi connectivity index (χ1) is 14.5. The van der Waals surface area contributed by atoms with Crippen molar-refractivity contribution in [3.05, 3.63) is 59.7 Å². The lowest BCUT2D eigenvalue weighted by Crippen LogP contribution is -3.08. The van der Waals surface area contributed by atoms with Crippen LogP contribution >= 0.6 is 0 Å². The fourth-order valence-corrected chi connectivity index (χ4v) is 3.51. The van der Waals surface area contributed by atoms with Gasteiger partial charge in [0.2, 0.25) is 0 Å². The van der Waals surface area contributed by atoms with Gasteiger partial charge in [-0.3, -0.25) is 9.59 Å². The van der Waals surface area contributed by atoms with Gasteiger partial charge in [-0.15, -0.1) is 0 Å². The van der Waals surface area contributed by atoms with Crippen molar-refractivity contribution in [1.82, 2.24) is 10.2 Å². The Hall–Kier alpha value is -3.06. The molecule has 1 unspecified atom stereocenters. The van der Waals surface area contributed by atoms with E-state index < -0.39 is 0 Å². The monoisotopic (exact) mass is 412 g/mol. The van der Waals surface area contributed by atoms with Crippen LogP contribution in [0.5, 0.6) is 11.5 Å². The Kier molecular flexibility index (Phi) is 7.30. The summed E-state index contributed by atoms with van der Waals surface area (Å²) in [5.74, 6) is 1.45. The van der Waals surface area contributed by atoms with Crippen LogP contribution in [0.2, 0.25) is 0 Å². The van der Waals surface area contributed by atoms with E-state index in [2.05, 4.69) is 5.32 Å². The molecule has 0 saturated carbocycles. The predicted octanol–water partition coefficient (Wildman–Crippen LogP) is 0.749. The minimum absolute atomic E-state index is 0.0828. The molecule has 30 heavy (non-hydrogen) atoms. The molecule has 2 aromatic carbocycles. The number of benzene rings is 2. The SMILES string of the molecule is CCN(C[C@@H]1COc2ccccc2O1)C(=O)C[NH+](C)Cc1ccc(C(=O)NC)cc1. The van der Waals surface area contributed by atoms with E-state index in [1.807, 2.05) is 55.3 Å². The van der Waals surface area contributed by atoms with Crippen LogP contribution < -0.4 is 19.7 Å². The highest BCUT2D eigenvalue weighted by Gasteiger charge is 2.26. The molecule has 2 N–H and O–H groups in total. The van der Waals surface area contributed by atoms with Crippen molar-refractivity contribution in [3.63, 3.8) is 0 Å². The molecule has 1 aliphatic heterocycles. The first kappa shape index (κ1) is 21.6. The van der Waals surface area contributed by atoms with Crippen LogP contribution in [0, 0.1) is 0 Å². The quantitative estimate of drug-likeness (QED) is 0.671. The van der Waals surface area contributed by atoms with Gasteiger partial charge < -0.3 is 24.6 Å². The fraction of sp³-hybridized carbons (Fsp3) is 0.391. The summed E-state index contributed by atoms with van der Waals surface area (Å²) in [5, 5.41) is 2.61. The largest absolute Gasteiger partial charge is 0.486 e. The van der Waals surface area contributed by atoms with Crippen LogP contribution in [0.1, 0.15) is 22.8 Å². The van der Waals surface area contributed by atoms with Gasteiger partial charge in [0.1, 0.15) is 13.2 Å². The number of quaternary nitrogens is 1. The van der Waals surface area contributed by atoms with E-state index in [0.29, 0.717) is 38.3 Å². The van der Waals surface area contributed by atoms with E-state index in [9.17, 15) is 9.59 Å². The Morgan fingerprint density at radius 3 is 2.50 bits per heavy atom. The number of fused-ring (bicyclic) bond motifs is 1. The molecule has 2 amide bonds. The molecule has 2 atom stereocenters. The van der Waals surface area contributed by atoms with Crippen molar-refractivity contribution < 1.29 is 24.0 Å². The van der Waals surface area contributed by atoms with Crippen molar-refractivity contribution in [2.24, 2.45) is 0 Å². The molecule has 1 heterocycles. The lowest BCUT2D eigenvalue weighted by molar-refractivity contribution is -0.885. The van der Waals surface area contributed by atoms with Gasteiger partial charge in [0.05, 0.1) is 13.6 Å². The zero-order valence-electron chi connectivity index (χ0n) is 17.8. The third kappa shape index (κ3) is 5.51. The van der Waals surface area contributed by atoms with Gasteiger partial charge in [-0.2, -0.15) is 0 Å². The van der Waals surface area contributed by atoms with E-state index >= 15 is 0 Å². The van der Waals surface area contributed by atoms with Gasteiger partial charge in [-0.1, -0.05) is 24.3 Å². The molecule has 0 fully saturated rings. The third-order valence-electron chi connectivity index (χ3n) is 5.13. The highest BCUT2D eigenvalue weighted by molar-refractivity contribution is 5.93. The number of nitrogens with one attached hydrogen (secondary N) is 2. The van der Waals surface area contributed by atoms with Gasteiger partial charge in [0.15, 0.2) is 24.1 Å². The highest BCUT2D eigenvalue weighted by Crippen LogP contribution is 2.30. The first-order valence-electron chi connectivity index (χ1n) is 10.3. The highest BCUT2D eigenvalue weighted by atomic mass is 16.6. The molecule has 0 spiro atoms. The molecular formula is C23H30N3O4+. The minimum Gasteiger partial charge on any atom is -0.486 e. The smallest absolute Gasteiger partial charge is 0.277 e. The molecule has 7 heteroatoms. The molecule has 1 aliphatic rings. The van der Waals surface area contributed by atoms with Crippen LogP contribution in [0.3, 0.4) is 0 Å². The third-order valence-corrected chi connectivity index (χ3v) is 5.13. The normalized spacial score (nSPS) is 15.9. The standard InChI is InChI=1S/C23H29N3O4/c1-4-26(14-19-16-29-20-7-5-6-8-21(20)30-19)22(27)15-25(3)13-17-9-11-18(12-10-17)23(28)24-2/h5-12,19H,4,13-16H2,1-3H3,(H,24,28)/p+1/t19-/m1/s1. The van der Waals surface area contributed by atoms with Crippen molar-refractivity contribution in [1.29, 1.82) is 0 Å². The molecule has 0 saturated heterocycles. The van der Waals surface area contributed by atoms with Crippen LogP contribution in [-0.2, 0) is 11.3 Å². The van der Waals surface area contributed by atoms with Gasteiger partial charge in [-0.05, 0) is 31.2 Å². The molecule has 0 aromatic heterocycles. The molecule has 0 aliphatic carbocycles. The van der Waals surface area contributed by atoms with Crippen molar-refractivity contribution in [2.75, 3.05) is 40.3 Å². The summed E-state index contributed by atoms with van der Waals surface area (Å²) in [7, 11) is 3.61. The Morgan fingerprint density at radius 1 is 1.13 bits per heavy atom. The van der Waals surface area contributed by atoms with Crippen LogP contribution in [0.25, 0.3) is 0 Å². The van der Waals surface area contributed by atoms with Gasteiger partial charge in [0.25, 0.3) is 11.8 Å². The zero-order valence-corrected chi connectivity index (χ0v) is 17.8. The Labute approximate surface area is 177 Å². The second-order valence-corrected chi connectivity index (χ2v) is 7.52. The number of hydrogen-bond donors (Lipinski definition) is 2. The Balaban J connectivity index is 1.51. The van der Waals surface area contributed by atoms with Gasteiger partial charge in [-0.25, -0.2) is 0 Å². The number of para-hydroxylation sites is 2. The van der Waals surface area contributed by atoms with E-state index in [0.717, 1.165) is 22.0 Å². The molecule has 3 rings (SSSR count). The number of ether oxygens (including phenoxy) is 2. The lowest BCUT2D eigenvalue weighted by atomic mass is 10.1. The molecule has 7 nitrogen and oxygen atoms in total. The number of carbonyl (C=O) groups excluding carboxylic acids is 2. The van der Waals surface area contributed by atoms with Gasteiger partial charge >= 0.3 is 0 Å². The second-order valence-electron chi connectivity index (χ2n) is 7.52. The summed E-state index contributed by atoms with van der Waals surface area (Å²) in [6.45, 7) is 4.61. The summed E-state index contributed by atoms with van der Waals surface area (Å²) in [6, 6.07) is 15.1. The van der Waals surface area contributed by atoms with Crippen LogP contribution in [0.15, 0.2) is 48.5 Å². The summed E-state index contributed by atoms with van der Waals surface area (Å²) >= 11 is 0. The number of amides is 2. The average molecular weight is 413 g/mol. The van der Waals surface area contributed by atoms with E-state index in [-0.39, 0.29) is 17.9 Å². The molecule has 160 valence electrons. The van der Waals surface area contributed by atoms with E-state index in [4.69, 9.17) is 9.47 Å². The van der Waals surface area contributed by atoms with Crippen LogP contribution in [-0.4, -0.2) is 63.2 Å². The molecule has 0 bridgehead atoms. The number of rotatable bonds is 8. The summed E-state index contributed by atoms with van der Waals surface area (Å²) in [6.07, 6.45) is -0.179. The fourth-order valence-electron chi connectivity index (χ4n) is 3.51. The summed E-state index contributed by atoms with van der Waals surface area (Å²) < 4.78 is 11.8. The Bertz CT molecular complexity index is 869. The number of hydrogen-bond acceptors (Lipinski definition) is 4. The molecular weight excluding hydrogens is 382 g/mol. The molecule has 2 aromatic rings. The first-order valence-corrected chi connectivity index (χ1v) is 10.3. The lowest BCUT2D eigenvalue weighted by Gasteiger charge is -2.31. The van der Waals surface area contributed by atoms with E-state index in [1.165, 1.54) is 0 Å². The zero-order chi connectivity index (χ0) is 21.5. The maximum atomic E-state index is 12.8. The van der Waals surface area contributed by atoms with Gasteiger partial charge in [0, 0.05) is 24.7 Å². The summed E-state index contributed by atoms with van der Waals surface area (Å²) in [4.78, 5) is 27.4. The second kappa shape index (κ2) is 10.1. The number of likely N-dealkylation sites (N-methyl/N-ethyl adjacent to an activating group) is 2. The number of nitrogens with zero attached hydrogens (tertiary/aromatic N) is 1. The maximum Gasteiger partial charge on any atom is 0.277 e.